The zero-order chi connectivity index (χ0) is 14.0. The third-order valence-electron chi connectivity index (χ3n) is 2.94. The molecule has 0 aromatic heterocycles. The zero-order valence-electron chi connectivity index (χ0n) is 11.2. The molecule has 4 atom stereocenters. The van der Waals surface area contributed by atoms with Crippen LogP contribution in [0.2, 0.25) is 6.32 Å². The van der Waals surface area contributed by atoms with Crippen LogP contribution in [0.15, 0.2) is 0 Å². The van der Waals surface area contributed by atoms with Gasteiger partial charge < -0.3 is 18.8 Å². The monoisotopic (exact) mass is 288 g/mol. The molecule has 2 aliphatic rings. The van der Waals surface area contributed by atoms with Gasteiger partial charge in [-0.1, -0.05) is 6.92 Å². The van der Waals surface area contributed by atoms with Crippen LogP contribution in [0.4, 0.5) is 0 Å². The summed E-state index contributed by atoms with van der Waals surface area (Å²) in [5.41, 5.74) is -0.462. The highest BCUT2D eigenvalue weighted by Crippen LogP contribution is 2.37. The standard InChI is InChI=1S/C11H17BO6S/c1-4-12-17-8-5-19-11(16-7(3)14)10(18-12)9(8)15-6(2)13/h8-11H,4-5H2,1-3H3. The Balaban J connectivity index is 2.13. The number of carbonyl (C=O) groups is 2. The number of rotatable bonds is 3. The van der Waals surface area contributed by atoms with E-state index >= 15 is 0 Å². The van der Waals surface area contributed by atoms with Crippen LogP contribution in [0.3, 0.4) is 0 Å². The number of hydrogen-bond donors (Lipinski definition) is 0. The van der Waals surface area contributed by atoms with E-state index in [-0.39, 0.29) is 19.2 Å². The molecule has 0 aliphatic carbocycles. The Morgan fingerprint density at radius 3 is 2.53 bits per heavy atom. The molecule has 2 saturated heterocycles. The molecule has 4 unspecified atom stereocenters. The molecule has 2 fully saturated rings. The molecule has 2 aliphatic heterocycles. The van der Waals surface area contributed by atoms with Crippen molar-refractivity contribution in [1.29, 1.82) is 0 Å². The molecule has 19 heavy (non-hydrogen) atoms. The zero-order valence-corrected chi connectivity index (χ0v) is 12.0. The summed E-state index contributed by atoms with van der Waals surface area (Å²) in [6.45, 7) is 4.64. The lowest BCUT2D eigenvalue weighted by Gasteiger charge is -2.46. The molecule has 0 spiro atoms. The highest BCUT2D eigenvalue weighted by molar-refractivity contribution is 7.99. The van der Waals surface area contributed by atoms with Gasteiger partial charge in [-0.3, -0.25) is 9.59 Å². The number of thioether (sulfide) groups is 1. The Morgan fingerprint density at radius 1 is 1.26 bits per heavy atom. The molecule has 2 heterocycles. The Labute approximate surface area is 116 Å². The van der Waals surface area contributed by atoms with Gasteiger partial charge in [0.2, 0.25) is 0 Å². The van der Waals surface area contributed by atoms with E-state index in [0.717, 1.165) is 0 Å². The van der Waals surface area contributed by atoms with E-state index in [1.165, 1.54) is 25.6 Å². The number of fused-ring (bicyclic) bond motifs is 2. The van der Waals surface area contributed by atoms with Crippen LogP contribution >= 0.6 is 11.8 Å². The summed E-state index contributed by atoms with van der Waals surface area (Å²) in [6, 6.07) is 0. The van der Waals surface area contributed by atoms with Gasteiger partial charge >= 0.3 is 19.1 Å². The second-order valence-corrected chi connectivity index (χ2v) is 5.63. The van der Waals surface area contributed by atoms with Gasteiger partial charge in [0.05, 0.1) is 6.10 Å². The van der Waals surface area contributed by atoms with Crippen LogP contribution in [-0.2, 0) is 28.4 Å². The predicted octanol–water partition coefficient (Wildman–Crippen LogP) is 0.846. The first-order valence-electron chi connectivity index (χ1n) is 6.28. The predicted molar refractivity (Wildman–Crippen MR) is 69.5 cm³/mol. The van der Waals surface area contributed by atoms with Crippen molar-refractivity contribution in [2.75, 3.05) is 5.75 Å². The van der Waals surface area contributed by atoms with Gasteiger partial charge in [0.25, 0.3) is 0 Å². The summed E-state index contributed by atoms with van der Waals surface area (Å²) in [7, 11) is -0.347. The summed E-state index contributed by atoms with van der Waals surface area (Å²) in [5.74, 6) is -0.164. The first-order valence-corrected chi connectivity index (χ1v) is 7.33. The topological polar surface area (TPSA) is 71.1 Å². The molecule has 8 heteroatoms. The molecular weight excluding hydrogens is 271 g/mol. The van der Waals surface area contributed by atoms with Gasteiger partial charge in [0.1, 0.15) is 6.10 Å². The number of carbonyl (C=O) groups excluding carboxylic acids is 2. The van der Waals surface area contributed by atoms with Crippen molar-refractivity contribution in [3.63, 3.8) is 0 Å². The number of ether oxygens (including phenoxy) is 2. The molecule has 0 aromatic carbocycles. The van der Waals surface area contributed by atoms with Crippen LogP contribution in [0.5, 0.6) is 0 Å². The van der Waals surface area contributed by atoms with Crippen LogP contribution < -0.4 is 0 Å². The van der Waals surface area contributed by atoms with E-state index in [0.29, 0.717) is 12.1 Å². The molecular formula is C11H17BO6S. The molecule has 0 amide bonds. The summed E-state index contributed by atoms with van der Waals surface area (Å²) in [4.78, 5) is 22.3. The first-order chi connectivity index (χ1) is 9.01. The first kappa shape index (κ1) is 14.7. The van der Waals surface area contributed by atoms with Crippen LogP contribution in [0, 0.1) is 0 Å². The van der Waals surface area contributed by atoms with Crippen LogP contribution in [0.1, 0.15) is 20.8 Å². The molecule has 0 aromatic rings. The van der Waals surface area contributed by atoms with Gasteiger partial charge in [-0.2, -0.15) is 0 Å². The van der Waals surface area contributed by atoms with Gasteiger partial charge in [0.15, 0.2) is 11.5 Å². The van der Waals surface area contributed by atoms with Gasteiger partial charge in [-0.15, -0.1) is 11.8 Å². The van der Waals surface area contributed by atoms with Gasteiger partial charge in [-0.05, 0) is 6.32 Å². The molecule has 106 valence electrons. The maximum atomic E-state index is 11.2. The molecule has 0 saturated carbocycles. The molecule has 6 nitrogen and oxygen atoms in total. The molecule has 0 N–H and O–H groups in total. The normalized spacial score (nSPS) is 33.7. The van der Waals surface area contributed by atoms with E-state index in [9.17, 15) is 9.59 Å². The van der Waals surface area contributed by atoms with E-state index in [2.05, 4.69) is 0 Å². The van der Waals surface area contributed by atoms with Crippen molar-refractivity contribution in [2.24, 2.45) is 0 Å². The highest BCUT2D eigenvalue weighted by Gasteiger charge is 2.51. The van der Waals surface area contributed by atoms with Gasteiger partial charge in [0, 0.05) is 19.6 Å². The summed E-state index contributed by atoms with van der Waals surface area (Å²) < 4.78 is 22.0. The summed E-state index contributed by atoms with van der Waals surface area (Å²) in [6.07, 6.45) is -0.525. The van der Waals surface area contributed by atoms with E-state index in [1.54, 1.807) is 0 Å². The molecule has 2 bridgehead atoms. The maximum absolute atomic E-state index is 11.2. The van der Waals surface area contributed by atoms with Crippen LogP contribution in [0.25, 0.3) is 0 Å². The fourth-order valence-electron chi connectivity index (χ4n) is 2.20. The summed E-state index contributed by atoms with van der Waals surface area (Å²) in [5, 5.41) is 0. The molecule has 0 radical (unpaired) electrons. The minimum atomic E-state index is -0.522. The smallest absolute Gasteiger partial charge is 0.457 e. The van der Waals surface area contributed by atoms with Crippen molar-refractivity contribution in [3.05, 3.63) is 0 Å². The second-order valence-electron chi connectivity index (χ2n) is 4.50. The second kappa shape index (κ2) is 6.15. The third-order valence-corrected chi connectivity index (χ3v) is 4.15. The number of hydrogen-bond acceptors (Lipinski definition) is 7. The van der Waals surface area contributed by atoms with Crippen molar-refractivity contribution in [1.82, 2.24) is 0 Å². The van der Waals surface area contributed by atoms with Crippen molar-refractivity contribution in [3.8, 4) is 0 Å². The fraction of sp³-hybridized carbons (Fsp3) is 0.818. The van der Waals surface area contributed by atoms with Crippen molar-refractivity contribution >= 4 is 30.8 Å². The van der Waals surface area contributed by atoms with E-state index in [1.807, 2.05) is 6.92 Å². The lowest BCUT2D eigenvalue weighted by molar-refractivity contribution is -0.178. The van der Waals surface area contributed by atoms with E-state index < -0.39 is 23.6 Å². The fourth-order valence-corrected chi connectivity index (χ4v) is 3.46. The molecule has 2 rings (SSSR count). The Kier molecular flexibility index (Phi) is 4.75. The largest absolute Gasteiger partial charge is 0.457 e. The van der Waals surface area contributed by atoms with Crippen molar-refractivity contribution in [2.45, 2.75) is 50.8 Å². The summed E-state index contributed by atoms with van der Waals surface area (Å²) >= 11 is 1.44. The van der Waals surface area contributed by atoms with Crippen LogP contribution in [-0.4, -0.2) is 48.6 Å². The van der Waals surface area contributed by atoms with Gasteiger partial charge in [-0.25, -0.2) is 0 Å². The minimum Gasteiger partial charge on any atom is -0.457 e. The maximum Gasteiger partial charge on any atom is 0.457 e. The highest BCUT2D eigenvalue weighted by atomic mass is 32.2. The average molecular weight is 288 g/mol. The number of esters is 2. The average Bonchev–Trinajstić information content (AvgIpc) is 2.31. The Morgan fingerprint density at radius 2 is 1.95 bits per heavy atom. The Bertz CT molecular complexity index is 365. The SMILES string of the molecule is CCB1OC2CSC(OC(C)=O)C(O1)C2OC(C)=O. The Hall–Kier alpha value is -0.725. The van der Waals surface area contributed by atoms with Crippen molar-refractivity contribution < 1.29 is 28.4 Å². The minimum absolute atomic E-state index is 0.218. The quantitative estimate of drug-likeness (QED) is 0.563. The lowest BCUT2D eigenvalue weighted by atomic mass is 9.82. The lowest BCUT2D eigenvalue weighted by Crippen LogP contribution is -2.61. The van der Waals surface area contributed by atoms with E-state index in [4.69, 9.17) is 18.8 Å². The third kappa shape index (κ3) is 3.43.